The van der Waals surface area contributed by atoms with Gasteiger partial charge in [0.1, 0.15) is 0 Å². The van der Waals surface area contributed by atoms with Gasteiger partial charge in [-0.15, -0.1) is 0 Å². The molecule has 0 spiro atoms. The van der Waals surface area contributed by atoms with Crippen molar-refractivity contribution in [3.63, 3.8) is 0 Å². The summed E-state index contributed by atoms with van der Waals surface area (Å²) >= 11 is 0. The van der Waals surface area contributed by atoms with Gasteiger partial charge in [0.2, 0.25) is 10.0 Å². The molecule has 6 nitrogen and oxygen atoms in total. The predicted molar refractivity (Wildman–Crippen MR) is 94.7 cm³/mol. The molecule has 22 heavy (non-hydrogen) atoms. The lowest BCUT2D eigenvalue weighted by molar-refractivity contribution is 0.459. The molecule has 0 aliphatic heterocycles. The molecule has 0 rings (SSSR count). The Morgan fingerprint density at radius 1 is 1.23 bits per heavy atom. The molecule has 0 heterocycles. The van der Waals surface area contributed by atoms with Gasteiger partial charge in [0, 0.05) is 33.2 Å². The number of hydrogen-bond donors (Lipinski definition) is 2. The van der Waals surface area contributed by atoms with E-state index in [0.29, 0.717) is 25.0 Å². The minimum Gasteiger partial charge on any atom is -0.356 e. The topological polar surface area (TPSA) is 73.8 Å². The van der Waals surface area contributed by atoms with Crippen LogP contribution in [0.5, 0.6) is 0 Å². The van der Waals surface area contributed by atoms with E-state index in [1.54, 1.807) is 21.0 Å². The quantitative estimate of drug-likeness (QED) is 0.362. The summed E-state index contributed by atoms with van der Waals surface area (Å²) in [5, 5.41) is 6.59. The molecule has 0 saturated carbocycles. The summed E-state index contributed by atoms with van der Waals surface area (Å²) in [7, 11) is 0.294. The van der Waals surface area contributed by atoms with Crippen LogP contribution in [-0.2, 0) is 10.0 Å². The summed E-state index contributed by atoms with van der Waals surface area (Å²) in [6.45, 7) is 9.47. The Kier molecular flexibility index (Phi) is 10.4. The van der Waals surface area contributed by atoms with Gasteiger partial charge >= 0.3 is 0 Å². The lowest BCUT2D eigenvalue weighted by Gasteiger charge is -2.19. The van der Waals surface area contributed by atoms with Crippen LogP contribution in [0.15, 0.2) is 4.99 Å². The van der Waals surface area contributed by atoms with Crippen LogP contribution < -0.4 is 10.6 Å². The SMILES string of the molecule is CCS(=O)(=O)N(C)CCCNC(=NC)NC(C)CCC(C)C. The fourth-order valence-corrected chi connectivity index (χ4v) is 2.80. The standard InChI is InChI=1S/C15H34N4O2S/c1-7-22(20,21)19(6)12-8-11-17-15(16-5)18-14(4)10-9-13(2)3/h13-14H,7-12H2,1-6H3,(H2,16,17,18). The van der Waals surface area contributed by atoms with E-state index in [0.717, 1.165) is 18.8 Å². The Morgan fingerprint density at radius 3 is 2.36 bits per heavy atom. The number of aliphatic imine (C=N–C) groups is 1. The van der Waals surface area contributed by atoms with Gasteiger partial charge in [0.25, 0.3) is 0 Å². The zero-order valence-electron chi connectivity index (χ0n) is 15.0. The minimum atomic E-state index is -3.08. The van der Waals surface area contributed by atoms with E-state index in [4.69, 9.17) is 0 Å². The number of nitrogens with zero attached hydrogens (tertiary/aromatic N) is 2. The second-order valence-electron chi connectivity index (χ2n) is 6.09. The Balaban J connectivity index is 4.02. The lowest BCUT2D eigenvalue weighted by Crippen LogP contribution is -2.43. The van der Waals surface area contributed by atoms with E-state index in [1.807, 2.05) is 0 Å². The van der Waals surface area contributed by atoms with Crippen molar-refractivity contribution in [1.29, 1.82) is 0 Å². The first-order chi connectivity index (χ1) is 10.2. The average Bonchev–Trinajstić information content (AvgIpc) is 2.47. The van der Waals surface area contributed by atoms with E-state index in [-0.39, 0.29) is 5.75 Å². The summed E-state index contributed by atoms with van der Waals surface area (Å²) in [6.07, 6.45) is 3.04. The molecular weight excluding hydrogens is 300 g/mol. The minimum absolute atomic E-state index is 0.146. The van der Waals surface area contributed by atoms with Gasteiger partial charge in [-0.3, -0.25) is 4.99 Å². The Morgan fingerprint density at radius 2 is 1.86 bits per heavy atom. The second-order valence-corrected chi connectivity index (χ2v) is 8.46. The van der Waals surface area contributed by atoms with E-state index >= 15 is 0 Å². The molecule has 2 N–H and O–H groups in total. The van der Waals surface area contributed by atoms with E-state index in [9.17, 15) is 8.42 Å². The van der Waals surface area contributed by atoms with E-state index in [1.165, 1.54) is 10.7 Å². The lowest BCUT2D eigenvalue weighted by atomic mass is 10.0. The fraction of sp³-hybridized carbons (Fsp3) is 0.933. The maximum absolute atomic E-state index is 11.6. The number of hydrogen-bond acceptors (Lipinski definition) is 3. The number of nitrogens with one attached hydrogen (secondary N) is 2. The van der Waals surface area contributed by atoms with Gasteiger partial charge < -0.3 is 10.6 Å². The Labute approximate surface area is 136 Å². The monoisotopic (exact) mass is 334 g/mol. The highest BCUT2D eigenvalue weighted by Crippen LogP contribution is 2.06. The first-order valence-electron chi connectivity index (χ1n) is 8.14. The largest absolute Gasteiger partial charge is 0.356 e. The van der Waals surface area contributed by atoms with Crippen LogP contribution in [-0.4, -0.2) is 57.7 Å². The zero-order valence-corrected chi connectivity index (χ0v) is 15.8. The smallest absolute Gasteiger partial charge is 0.213 e. The van der Waals surface area contributed by atoms with Crippen molar-refractivity contribution in [2.45, 2.75) is 53.0 Å². The maximum Gasteiger partial charge on any atom is 0.213 e. The Bertz CT molecular complexity index is 421. The van der Waals surface area contributed by atoms with Crippen LogP contribution in [0.1, 0.15) is 47.0 Å². The molecule has 7 heteroatoms. The van der Waals surface area contributed by atoms with Crippen LogP contribution in [0, 0.1) is 5.92 Å². The van der Waals surface area contributed by atoms with Gasteiger partial charge in [-0.05, 0) is 39.0 Å². The normalized spacial score (nSPS) is 14.5. The highest BCUT2D eigenvalue weighted by molar-refractivity contribution is 7.89. The first kappa shape index (κ1) is 21.2. The summed E-state index contributed by atoms with van der Waals surface area (Å²) in [4.78, 5) is 4.20. The molecule has 1 atom stereocenters. The summed E-state index contributed by atoms with van der Waals surface area (Å²) in [5.41, 5.74) is 0. The molecule has 0 fully saturated rings. The molecule has 0 bridgehead atoms. The molecule has 0 amide bonds. The maximum atomic E-state index is 11.6. The van der Waals surface area contributed by atoms with Gasteiger partial charge in [-0.2, -0.15) is 0 Å². The van der Waals surface area contributed by atoms with E-state index < -0.39 is 10.0 Å². The van der Waals surface area contributed by atoms with Gasteiger partial charge in [-0.25, -0.2) is 12.7 Å². The third-order valence-corrected chi connectivity index (χ3v) is 5.43. The van der Waals surface area contributed by atoms with Crippen LogP contribution in [0.2, 0.25) is 0 Å². The molecule has 132 valence electrons. The second kappa shape index (κ2) is 10.8. The zero-order chi connectivity index (χ0) is 17.2. The molecule has 0 aliphatic rings. The number of sulfonamides is 1. The number of rotatable bonds is 10. The van der Waals surface area contributed by atoms with E-state index in [2.05, 4.69) is 36.4 Å². The van der Waals surface area contributed by atoms with Crippen molar-refractivity contribution in [3.05, 3.63) is 0 Å². The third-order valence-electron chi connectivity index (χ3n) is 3.57. The van der Waals surface area contributed by atoms with Crippen molar-refractivity contribution in [2.24, 2.45) is 10.9 Å². The van der Waals surface area contributed by atoms with Gasteiger partial charge in [0.15, 0.2) is 5.96 Å². The molecule has 0 aromatic carbocycles. The highest BCUT2D eigenvalue weighted by Gasteiger charge is 2.14. The molecule has 1 unspecified atom stereocenters. The van der Waals surface area contributed by atoms with Crippen LogP contribution >= 0.6 is 0 Å². The van der Waals surface area contributed by atoms with Crippen molar-refractivity contribution in [3.8, 4) is 0 Å². The fourth-order valence-electron chi connectivity index (χ4n) is 1.95. The molecule has 0 aromatic rings. The molecule has 0 aliphatic carbocycles. The van der Waals surface area contributed by atoms with Crippen molar-refractivity contribution in [2.75, 3.05) is 32.9 Å². The van der Waals surface area contributed by atoms with Crippen LogP contribution in [0.25, 0.3) is 0 Å². The molecule has 0 aromatic heterocycles. The average molecular weight is 335 g/mol. The summed E-state index contributed by atoms with van der Waals surface area (Å²) < 4.78 is 24.7. The highest BCUT2D eigenvalue weighted by atomic mass is 32.2. The Hall–Kier alpha value is -0.820. The van der Waals surface area contributed by atoms with Crippen molar-refractivity contribution in [1.82, 2.24) is 14.9 Å². The number of guanidine groups is 1. The first-order valence-corrected chi connectivity index (χ1v) is 9.75. The van der Waals surface area contributed by atoms with Crippen molar-refractivity contribution < 1.29 is 8.42 Å². The molecule has 0 radical (unpaired) electrons. The predicted octanol–water partition coefficient (Wildman–Crippen LogP) is 1.65. The molecule has 0 saturated heterocycles. The third kappa shape index (κ3) is 9.25. The molecular formula is C15H34N4O2S. The van der Waals surface area contributed by atoms with Gasteiger partial charge in [0.05, 0.1) is 5.75 Å². The van der Waals surface area contributed by atoms with Crippen LogP contribution in [0.4, 0.5) is 0 Å². The van der Waals surface area contributed by atoms with Gasteiger partial charge in [-0.1, -0.05) is 13.8 Å². The van der Waals surface area contributed by atoms with Crippen LogP contribution in [0.3, 0.4) is 0 Å². The van der Waals surface area contributed by atoms with Crippen molar-refractivity contribution >= 4 is 16.0 Å². The summed E-state index contributed by atoms with van der Waals surface area (Å²) in [6, 6.07) is 0.372. The summed E-state index contributed by atoms with van der Waals surface area (Å²) in [5.74, 6) is 1.63.